The lowest BCUT2D eigenvalue weighted by atomic mass is 9.92. The molecule has 0 aromatic heterocycles. The number of carbonyl (C=O) groups excluding carboxylic acids is 1. The van der Waals surface area contributed by atoms with Gasteiger partial charge in [-0.3, -0.25) is 4.79 Å². The number of rotatable bonds is 2. The van der Waals surface area contributed by atoms with E-state index in [1.165, 1.54) is 0 Å². The first-order valence-corrected chi connectivity index (χ1v) is 6.88. The van der Waals surface area contributed by atoms with Crippen molar-refractivity contribution in [1.29, 1.82) is 0 Å². The number of nitrogens with zero attached hydrogens (tertiary/aromatic N) is 1. The highest BCUT2D eigenvalue weighted by molar-refractivity contribution is 5.85. The van der Waals surface area contributed by atoms with Crippen LogP contribution in [0.2, 0.25) is 0 Å². The van der Waals surface area contributed by atoms with Crippen LogP contribution >= 0.6 is 0 Å². The summed E-state index contributed by atoms with van der Waals surface area (Å²) in [6.45, 7) is 0.607. The molecule has 1 fully saturated rings. The maximum atomic E-state index is 12.4. The van der Waals surface area contributed by atoms with Crippen molar-refractivity contribution in [3.8, 4) is 0 Å². The van der Waals surface area contributed by atoms with Crippen molar-refractivity contribution >= 4 is 11.9 Å². The van der Waals surface area contributed by atoms with Crippen molar-refractivity contribution in [2.24, 2.45) is 5.92 Å². The number of aliphatic carboxylic acids is 1. The predicted molar refractivity (Wildman–Crippen MR) is 68.1 cm³/mol. The second kappa shape index (κ2) is 6.03. The van der Waals surface area contributed by atoms with Crippen molar-refractivity contribution in [1.82, 2.24) is 4.90 Å². The van der Waals surface area contributed by atoms with Crippen LogP contribution in [-0.2, 0) is 9.59 Å². The molecule has 4 heteroatoms. The third-order valence-electron chi connectivity index (χ3n) is 3.94. The third kappa shape index (κ3) is 2.92. The lowest BCUT2D eigenvalue weighted by Gasteiger charge is -2.31. The van der Waals surface area contributed by atoms with E-state index in [1.54, 1.807) is 4.90 Å². The lowest BCUT2D eigenvalue weighted by Crippen LogP contribution is -2.47. The number of carboxylic acids is 1. The smallest absolute Gasteiger partial charge is 0.326 e. The highest BCUT2D eigenvalue weighted by Crippen LogP contribution is 2.25. The highest BCUT2D eigenvalue weighted by atomic mass is 16.4. The van der Waals surface area contributed by atoms with Gasteiger partial charge in [0.05, 0.1) is 0 Å². The first-order chi connectivity index (χ1) is 8.70. The molecule has 0 spiro atoms. The number of carboxylic acid groups (broad SMARTS) is 1. The Kier molecular flexibility index (Phi) is 4.39. The molecule has 1 N–H and O–H groups in total. The van der Waals surface area contributed by atoms with Crippen LogP contribution in [0.3, 0.4) is 0 Å². The molecule has 0 aromatic rings. The number of hydrogen-bond donors (Lipinski definition) is 1. The van der Waals surface area contributed by atoms with E-state index in [9.17, 15) is 14.7 Å². The summed E-state index contributed by atoms with van der Waals surface area (Å²) >= 11 is 0. The van der Waals surface area contributed by atoms with Gasteiger partial charge in [-0.05, 0) is 32.1 Å². The molecule has 4 nitrogen and oxygen atoms in total. The molecule has 2 rings (SSSR count). The maximum absolute atomic E-state index is 12.4. The van der Waals surface area contributed by atoms with Gasteiger partial charge in [-0.25, -0.2) is 4.79 Å². The average Bonchev–Trinajstić information content (AvgIpc) is 2.64. The fraction of sp³-hybridized carbons (Fsp3) is 0.714. The molecule has 1 amide bonds. The van der Waals surface area contributed by atoms with Crippen LogP contribution < -0.4 is 0 Å². The van der Waals surface area contributed by atoms with E-state index in [0.717, 1.165) is 38.5 Å². The Hall–Kier alpha value is -1.32. The van der Waals surface area contributed by atoms with Crippen LogP contribution in [0.15, 0.2) is 12.2 Å². The number of amides is 1. The van der Waals surface area contributed by atoms with E-state index < -0.39 is 12.0 Å². The molecule has 1 aliphatic carbocycles. The van der Waals surface area contributed by atoms with E-state index in [1.807, 2.05) is 6.08 Å². The number of allylic oxidation sites excluding steroid dienone is 2. The summed E-state index contributed by atoms with van der Waals surface area (Å²) in [6.07, 6.45) is 10.2. The van der Waals surface area contributed by atoms with Crippen LogP contribution in [0.25, 0.3) is 0 Å². The zero-order valence-electron chi connectivity index (χ0n) is 10.7. The van der Waals surface area contributed by atoms with E-state index in [0.29, 0.717) is 13.0 Å². The molecule has 0 aromatic carbocycles. The lowest BCUT2D eigenvalue weighted by molar-refractivity contribution is -0.152. The predicted octanol–water partition coefficient (Wildman–Crippen LogP) is 2.20. The Morgan fingerprint density at radius 2 is 1.94 bits per heavy atom. The molecular formula is C14H21NO3. The largest absolute Gasteiger partial charge is 0.480 e. The van der Waals surface area contributed by atoms with Crippen LogP contribution in [0, 0.1) is 5.92 Å². The molecule has 100 valence electrons. The molecule has 2 atom stereocenters. The summed E-state index contributed by atoms with van der Waals surface area (Å²) in [5, 5.41) is 9.27. The fourth-order valence-electron chi connectivity index (χ4n) is 2.88. The molecule has 0 radical (unpaired) electrons. The van der Waals surface area contributed by atoms with E-state index in [4.69, 9.17) is 0 Å². The normalized spacial score (nSPS) is 28.8. The van der Waals surface area contributed by atoms with Crippen LogP contribution in [0.4, 0.5) is 0 Å². The van der Waals surface area contributed by atoms with Crippen molar-refractivity contribution in [3.05, 3.63) is 12.2 Å². The summed E-state index contributed by atoms with van der Waals surface area (Å²) in [7, 11) is 0. The molecule has 0 bridgehead atoms. The first-order valence-electron chi connectivity index (χ1n) is 6.88. The molecule has 1 saturated heterocycles. The summed E-state index contributed by atoms with van der Waals surface area (Å²) < 4.78 is 0. The Labute approximate surface area is 108 Å². The summed E-state index contributed by atoms with van der Waals surface area (Å²) in [5.74, 6) is -0.805. The first kappa shape index (κ1) is 13.1. The summed E-state index contributed by atoms with van der Waals surface area (Å²) in [6, 6.07) is -0.606. The second-order valence-corrected chi connectivity index (χ2v) is 5.22. The van der Waals surface area contributed by atoms with Crippen molar-refractivity contribution in [2.75, 3.05) is 6.54 Å². The average molecular weight is 251 g/mol. The molecule has 1 heterocycles. The van der Waals surface area contributed by atoms with Crippen molar-refractivity contribution in [2.45, 2.75) is 51.0 Å². The van der Waals surface area contributed by atoms with Gasteiger partial charge in [-0.15, -0.1) is 0 Å². The van der Waals surface area contributed by atoms with Gasteiger partial charge in [-0.2, -0.15) is 0 Å². The maximum Gasteiger partial charge on any atom is 0.326 e. The quantitative estimate of drug-likeness (QED) is 0.765. The number of carbonyl (C=O) groups is 2. The summed E-state index contributed by atoms with van der Waals surface area (Å²) in [5.41, 5.74) is 0. The minimum atomic E-state index is -0.850. The van der Waals surface area contributed by atoms with Crippen LogP contribution in [0.1, 0.15) is 44.9 Å². The molecule has 0 saturated carbocycles. The van der Waals surface area contributed by atoms with Gasteiger partial charge in [0.2, 0.25) is 5.91 Å². The van der Waals surface area contributed by atoms with Crippen molar-refractivity contribution in [3.63, 3.8) is 0 Å². The zero-order chi connectivity index (χ0) is 13.0. The van der Waals surface area contributed by atoms with Gasteiger partial charge in [-0.1, -0.05) is 25.0 Å². The minimum Gasteiger partial charge on any atom is -0.480 e. The Morgan fingerprint density at radius 1 is 1.11 bits per heavy atom. The van der Waals surface area contributed by atoms with Gasteiger partial charge in [0.25, 0.3) is 0 Å². The van der Waals surface area contributed by atoms with E-state index >= 15 is 0 Å². The van der Waals surface area contributed by atoms with Gasteiger partial charge < -0.3 is 10.0 Å². The van der Waals surface area contributed by atoms with Gasteiger partial charge in [0, 0.05) is 12.5 Å². The van der Waals surface area contributed by atoms with Crippen LogP contribution in [-0.4, -0.2) is 34.5 Å². The van der Waals surface area contributed by atoms with E-state index in [2.05, 4.69) is 6.08 Å². The SMILES string of the molecule is O=C(O)C1CCCCCN1C(=O)C1CC=CCC1. The highest BCUT2D eigenvalue weighted by Gasteiger charge is 2.34. The van der Waals surface area contributed by atoms with Crippen LogP contribution in [0.5, 0.6) is 0 Å². The van der Waals surface area contributed by atoms with Gasteiger partial charge in [0.1, 0.15) is 6.04 Å². The zero-order valence-corrected chi connectivity index (χ0v) is 10.7. The number of likely N-dealkylation sites (tertiary alicyclic amines) is 1. The Morgan fingerprint density at radius 3 is 2.61 bits per heavy atom. The fourth-order valence-corrected chi connectivity index (χ4v) is 2.88. The van der Waals surface area contributed by atoms with Gasteiger partial charge in [0.15, 0.2) is 0 Å². The standard InChI is InChI=1S/C14H21NO3/c16-13(11-7-3-1-4-8-11)15-10-6-2-5-9-12(15)14(17)18/h1,3,11-12H,2,4-10H2,(H,17,18). The minimum absolute atomic E-state index is 0.00468. The second-order valence-electron chi connectivity index (χ2n) is 5.22. The van der Waals surface area contributed by atoms with Gasteiger partial charge >= 0.3 is 5.97 Å². The Balaban J connectivity index is 2.09. The molecule has 2 unspecified atom stereocenters. The summed E-state index contributed by atoms with van der Waals surface area (Å²) in [4.78, 5) is 25.4. The molecule has 18 heavy (non-hydrogen) atoms. The van der Waals surface area contributed by atoms with Crippen molar-refractivity contribution < 1.29 is 14.7 Å². The Bertz CT molecular complexity index is 351. The monoisotopic (exact) mass is 251 g/mol. The number of hydrogen-bond acceptors (Lipinski definition) is 2. The van der Waals surface area contributed by atoms with E-state index in [-0.39, 0.29) is 11.8 Å². The molecular weight excluding hydrogens is 230 g/mol. The topological polar surface area (TPSA) is 57.6 Å². The molecule has 1 aliphatic heterocycles. The third-order valence-corrected chi connectivity index (χ3v) is 3.94. The molecule has 2 aliphatic rings.